The number of benzene rings is 2. The number of ether oxygens (including phenoxy) is 1. The molecule has 0 aliphatic carbocycles. The quantitative estimate of drug-likeness (QED) is 0.706. The summed E-state index contributed by atoms with van der Waals surface area (Å²) in [4.78, 5) is 25.1. The largest absolute Gasteiger partial charge is 0.484 e. The molecule has 2 aromatic rings. The van der Waals surface area contributed by atoms with Crippen LogP contribution in [0.5, 0.6) is 5.75 Å². The van der Waals surface area contributed by atoms with Gasteiger partial charge in [-0.3, -0.25) is 9.59 Å². The molecule has 0 saturated heterocycles. The number of likely N-dealkylation sites (N-methyl/N-ethyl adjacent to an activating group) is 1. The second-order valence-electron chi connectivity index (χ2n) is 5.45. The second-order valence-corrected chi connectivity index (χ2v) is 6.70. The molecule has 0 fully saturated rings. The molecule has 126 valence electrons. The van der Waals surface area contributed by atoms with Crippen LogP contribution in [0.1, 0.15) is 5.56 Å². The summed E-state index contributed by atoms with van der Waals surface area (Å²) < 4.78 is 6.54. The number of anilines is 1. The number of hydrogen-bond acceptors (Lipinski definition) is 3. The predicted octanol–water partition coefficient (Wildman–Crippen LogP) is 2.94. The van der Waals surface area contributed by atoms with Gasteiger partial charge in [0.2, 0.25) is 5.91 Å². The van der Waals surface area contributed by atoms with Gasteiger partial charge < -0.3 is 15.0 Å². The van der Waals surface area contributed by atoms with Crippen molar-refractivity contribution >= 4 is 40.1 Å². The summed E-state index contributed by atoms with van der Waals surface area (Å²) in [5.41, 5.74) is 1.58. The summed E-state index contributed by atoms with van der Waals surface area (Å²) in [5.74, 6) is 0.464. The number of nitrogens with one attached hydrogen (secondary N) is 1. The Bertz CT molecular complexity index is 697. The van der Waals surface area contributed by atoms with Crippen LogP contribution in [0.4, 0.5) is 5.69 Å². The van der Waals surface area contributed by atoms with Crippen LogP contribution in [-0.2, 0) is 16.0 Å². The summed E-state index contributed by atoms with van der Waals surface area (Å²) in [6.45, 7) is -0.0541. The summed E-state index contributed by atoms with van der Waals surface area (Å²) in [7, 11) is 3.45. The molecule has 0 aliphatic rings. The Morgan fingerprint density at radius 2 is 1.67 bits per heavy atom. The van der Waals surface area contributed by atoms with Crippen molar-refractivity contribution < 1.29 is 14.3 Å². The number of carbonyl (C=O) groups excluding carboxylic acids is 2. The smallest absolute Gasteiger partial charge is 0.262 e. The van der Waals surface area contributed by atoms with E-state index < -0.39 is 0 Å². The van der Waals surface area contributed by atoms with Crippen LogP contribution in [0.2, 0.25) is 0 Å². The average Bonchev–Trinajstić information content (AvgIpc) is 2.56. The third-order valence-corrected chi connectivity index (χ3v) is 3.99. The topological polar surface area (TPSA) is 58.6 Å². The first kappa shape index (κ1) is 18.3. The Hall–Kier alpha value is -2.09. The van der Waals surface area contributed by atoms with Crippen molar-refractivity contribution in [2.45, 2.75) is 6.42 Å². The van der Waals surface area contributed by atoms with E-state index >= 15 is 0 Å². The highest BCUT2D eigenvalue weighted by molar-refractivity contribution is 14.1. The van der Waals surface area contributed by atoms with Gasteiger partial charge in [-0.2, -0.15) is 0 Å². The number of halogens is 1. The number of amides is 2. The molecule has 1 N–H and O–H groups in total. The molecule has 6 heteroatoms. The monoisotopic (exact) mass is 438 g/mol. The second kappa shape index (κ2) is 8.68. The highest BCUT2D eigenvalue weighted by atomic mass is 127. The molecule has 0 spiro atoms. The zero-order valence-electron chi connectivity index (χ0n) is 13.6. The molecule has 5 nitrogen and oxygen atoms in total. The van der Waals surface area contributed by atoms with Gasteiger partial charge >= 0.3 is 0 Å². The van der Waals surface area contributed by atoms with E-state index in [0.29, 0.717) is 17.9 Å². The summed E-state index contributed by atoms with van der Waals surface area (Å²) in [5, 5.41) is 2.77. The minimum atomic E-state index is -0.231. The third-order valence-electron chi connectivity index (χ3n) is 3.28. The van der Waals surface area contributed by atoms with Crippen LogP contribution in [0.25, 0.3) is 0 Å². The Morgan fingerprint density at radius 1 is 1.04 bits per heavy atom. The summed E-state index contributed by atoms with van der Waals surface area (Å²) in [6.07, 6.45) is 0.344. The van der Waals surface area contributed by atoms with Crippen molar-refractivity contribution in [3.05, 3.63) is 57.7 Å². The van der Waals surface area contributed by atoms with Crippen LogP contribution < -0.4 is 10.1 Å². The lowest BCUT2D eigenvalue weighted by molar-refractivity contribution is -0.128. The number of hydrogen-bond donors (Lipinski definition) is 1. The molecule has 2 aromatic carbocycles. The molecule has 24 heavy (non-hydrogen) atoms. The lowest BCUT2D eigenvalue weighted by atomic mass is 10.1. The third kappa shape index (κ3) is 5.84. The highest BCUT2D eigenvalue weighted by Gasteiger charge is 2.07. The van der Waals surface area contributed by atoms with Crippen LogP contribution in [0.15, 0.2) is 48.5 Å². The van der Waals surface area contributed by atoms with Gasteiger partial charge in [0.1, 0.15) is 5.75 Å². The van der Waals surface area contributed by atoms with E-state index in [1.54, 1.807) is 31.1 Å². The molecule has 2 rings (SSSR count). The van der Waals surface area contributed by atoms with Crippen molar-refractivity contribution in [2.24, 2.45) is 0 Å². The molecule has 0 saturated carbocycles. The van der Waals surface area contributed by atoms with Crippen molar-refractivity contribution in [2.75, 3.05) is 26.0 Å². The van der Waals surface area contributed by atoms with E-state index in [4.69, 9.17) is 4.74 Å². The van der Waals surface area contributed by atoms with E-state index in [2.05, 4.69) is 27.9 Å². The van der Waals surface area contributed by atoms with Crippen molar-refractivity contribution in [1.82, 2.24) is 4.90 Å². The van der Waals surface area contributed by atoms with Gasteiger partial charge in [0.15, 0.2) is 6.61 Å². The maximum atomic E-state index is 11.9. The molecule has 0 radical (unpaired) electrons. The van der Waals surface area contributed by atoms with Gasteiger partial charge in [-0.1, -0.05) is 12.1 Å². The predicted molar refractivity (Wildman–Crippen MR) is 102 cm³/mol. The standard InChI is InChI=1S/C18H19IN2O3/c1-21(2)18(23)11-13-3-7-15(8-4-13)20-17(22)12-24-16-9-5-14(19)6-10-16/h3-10H,11-12H2,1-2H3,(H,20,22). The Balaban J connectivity index is 1.83. The van der Waals surface area contributed by atoms with E-state index in [9.17, 15) is 9.59 Å². The van der Waals surface area contributed by atoms with Crippen molar-refractivity contribution in [3.8, 4) is 5.75 Å². The first-order chi connectivity index (χ1) is 11.4. The Kier molecular flexibility index (Phi) is 6.60. The normalized spacial score (nSPS) is 10.1. The zero-order chi connectivity index (χ0) is 17.5. The minimum Gasteiger partial charge on any atom is -0.484 e. The molecule has 2 amide bonds. The highest BCUT2D eigenvalue weighted by Crippen LogP contribution is 2.14. The van der Waals surface area contributed by atoms with E-state index in [-0.39, 0.29) is 18.4 Å². The van der Waals surface area contributed by atoms with Gasteiger partial charge in [0.25, 0.3) is 5.91 Å². The van der Waals surface area contributed by atoms with Crippen molar-refractivity contribution in [1.29, 1.82) is 0 Å². The molecule has 0 aromatic heterocycles. The molecular weight excluding hydrogens is 419 g/mol. The Labute approximate surface area is 155 Å². The first-order valence-electron chi connectivity index (χ1n) is 7.41. The fraction of sp³-hybridized carbons (Fsp3) is 0.222. The first-order valence-corrected chi connectivity index (χ1v) is 8.49. The van der Waals surface area contributed by atoms with Crippen LogP contribution in [-0.4, -0.2) is 37.4 Å². The number of rotatable bonds is 6. The van der Waals surface area contributed by atoms with E-state index in [0.717, 1.165) is 9.13 Å². The molecule has 0 aliphatic heterocycles. The van der Waals surface area contributed by atoms with Gasteiger partial charge in [-0.25, -0.2) is 0 Å². The van der Waals surface area contributed by atoms with Gasteiger partial charge in [0.05, 0.1) is 6.42 Å². The van der Waals surface area contributed by atoms with E-state index in [1.807, 2.05) is 36.4 Å². The van der Waals surface area contributed by atoms with Crippen LogP contribution in [0.3, 0.4) is 0 Å². The maximum Gasteiger partial charge on any atom is 0.262 e. The van der Waals surface area contributed by atoms with Crippen molar-refractivity contribution in [3.63, 3.8) is 0 Å². The Morgan fingerprint density at radius 3 is 2.25 bits per heavy atom. The average molecular weight is 438 g/mol. The SMILES string of the molecule is CN(C)C(=O)Cc1ccc(NC(=O)COc2ccc(I)cc2)cc1. The van der Waals surface area contributed by atoms with Crippen LogP contribution in [0, 0.1) is 3.57 Å². The summed E-state index contributed by atoms with van der Waals surface area (Å²) in [6, 6.07) is 14.7. The lowest BCUT2D eigenvalue weighted by Gasteiger charge is -2.11. The number of carbonyl (C=O) groups is 2. The van der Waals surface area contributed by atoms with Gasteiger partial charge in [-0.05, 0) is 64.6 Å². The fourth-order valence-corrected chi connectivity index (χ4v) is 2.28. The molecular formula is C18H19IN2O3. The molecule has 0 bridgehead atoms. The molecule has 0 heterocycles. The van der Waals surface area contributed by atoms with Gasteiger partial charge in [-0.15, -0.1) is 0 Å². The number of nitrogens with zero attached hydrogens (tertiary/aromatic N) is 1. The minimum absolute atomic E-state index is 0.0395. The summed E-state index contributed by atoms with van der Waals surface area (Å²) >= 11 is 2.21. The fourth-order valence-electron chi connectivity index (χ4n) is 1.92. The molecule has 0 atom stereocenters. The lowest BCUT2D eigenvalue weighted by Crippen LogP contribution is -2.23. The van der Waals surface area contributed by atoms with E-state index in [1.165, 1.54) is 0 Å². The zero-order valence-corrected chi connectivity index (χ0v) is 15.7. The van der Waals surface area contributed by atoms with Gasteiger partial charge in [0, 0.05) is 23.4 Å². The molecule has 0 unspecified atom stereocenters. The maximum absolute atomic E-state index is 11.9. The van der Waals surface area contributed by atoms with Crippen LogP contribution >= 0.6 is 22.6 Å².